The van der Waals surface area contributed by atoms with E-state index >= 15 is 0 Å². The third-order valence-electron chi connectivity index (χ3n) is 10.4. The molecule has 0 unspecified atom stereocenters. The average Bonchev–Trinajstić information content (AvgIpc) is 3.09. The van der Waals surface area contributed by atoms with Crippen LogP contribution in [0.1, 0.15) is 232 Å². The summed E-state index contributed by atoms with van der Waals surface area (Å²) in [4.78, 5) is 25.7. The highest BCUT2D eigenvalue weighted by molar-refractivity contribution is 5.86. The second kappa shape index (κ2) is 39.6. The second-order valence-electron chi connectivity index (χ2n) is 15.4. The van der Waals surface area contributed by atoms with Gasteiger partial charge in [-0.2, -0.15) is 0 Å². The lowest BCUT2D eigenvalue weighted by atomic mass is 10.0. The molecule has 6 nitrogen and oxygen atoms in total. The molecule has 0 saturated heterocycles. The number of unbranched alkanes of at least 4 members (excludes halogenated alkanes) is 30. The second-order valence-corrected chi connectivity index (χ2v) is 15.4. The van der Waals surface area contributed by atoms with Gasteiger partial charge in [-0.3, -0.25) is 9.59 Å². The maximum absolute atomic E-state index is 12.1. The highest BCUT2D eigenvalue weighted by Gasteiger charge is 2.14. The zero-order valence-electron chi connectivity index (χ0n) is 33.4. The number of nitrogens with one attached hydrogen (secondary N) is 1. The van der Waals surface area contributed by atoms with Crippen LogP contribution in [0.3, 0.4) is 0 Å². The van der Waals surface area contributed by atoms with Crippen LogP contribution < -0.4 is 16.8 Å². The van der Waals surface area contributed by atoms with Crippen LogP contribution in [0, 0.1) is 0 Å². The Morgan fingerprint density at radius 3 is 1.00 bits per heavy atom. The fourth-order valence-electron chi connectivity index (χ4n) is 7.07. The largest absolute Gasteiger partial charge is 0.368 e. The van der Waals surface area contributed by atoms with Crippen molar-refractivity contribution in [3.05, 3.63) is 0 Å². The third kappa shape index (κ3) is 37.9. The minimum absolute atomic E-state index is 0.142. The summed E-state index contributed by atoms with van der Waals surface area (Å²) in [5.41, 5.74) is 11.2. The van der Waals surface area contributed by atoms with Gasteiger partial charge in [-0.1, -0.05) is 206 Å². The van der Waals surface area contributed by atoms with E-state index in [1.807, 2.05) is 0 Å². The molecule has 6 heteroatoms. The molecule has 0 radical (unpaired) electrons. The molecule has 49 heavy (non-hydrogen) atoms. The summed E-state index contributed by atoms with van der Waals surface area (Å²) in [6.45, 7) is 7.74. The van der Waals surface area contributed by atoms with Gasteiger partial charge in [0.2, 0.25) is 11.8 Å². The van der Waals surface area contributed by atoms with Crippen LogP contribution in [0.4, 0.5) is 0 Å². The van der Waals surface area contributed by atoms with Gasteiger partial charge in [0.05, 0.1) is 12.6 Å². The van der Waals surface area contributed by atoms with Crippen LogP contribution in [0.25, 0.3) is 0 Å². The number of nitrogens with two attached hydrogens (primary N) is 2. The van der Waals surface area contributed by atoms with Gasteiger partial charge in [0, 0.05) is 0 Å². The standard InChI is InChI=1S/C43H88N4O2/c1-3-5-7-9-11-13-15-17-19-21-23-25-27-29-31-33-37-47(39-35-36-41(44)43(49)46-40-42(45)48)38-34-32-30-28-26-24-22-20-18-16-14-12-10-8-6-4-2/h41H,3-40,44H2,1-2H3,(H2,45,48)(H,46,49)/t41-/m0/s1. The quantitative estimate of drug-likeness (QED) is 0.0555. The first-order valence-corrected chi connectivity index (χ1v) is 22.0. The van der Waals surface area contributed by atoms with Gasteiger partial charge in [0.25, 0.3) is 0 Å². The smallest absolute Gasteiger partial charge is 0.237 e. The Balaban J connectivity index is 4.02. The summed E-state index contributed by atoms with van der Waals surface area (Å²) in [5, 5.41) is 2.54. The van der Waals surface area contributed by atoms with Crippen molar-refractivity contribution in [2.45, 2.75) is 238 Å². The van der Waals surface area contributed by atoms with E-state index in [1.54, 1.807) is 0 Å². The summed E-state index contributed by atoms with van der Waals surface area (Å²) in [7, 11) is 0. The first kappa shape index (κ1) is 47.9. The molecular weight excluding hydrogens is 604 g/mol. The van der Waals surface area contributed by atoms with Gasteiger partial charge in [0.15, 0.2) is 0 Å². The minimum atomic E-state index is -0.577. The first-order chi connectivity index (χ1) is 24.0. The zero-order chi connectivity index (χ0) is 35.9. The molecule has 1 atom stereocenters. The van der Waals surface area contributed by atoms with Crippen molar-refractivity contribution in [2.75, 3.05) is 26.2 Å². The lowest BCUT2D eigenvalue weighted by Crippen LogP contribution is -2.44. The molecule has 0 aliphatic heterocycles. The number of rotatable bonds is 41. The normalized spacial score (nSPS) is 12.2. The van der Waals surface area contributed by atoms with E-state index in [9.17, 15) is 9.59 Å². The van der Waals surface area contributed by atoms with Crippen molar-refractivity contribution in [2.24, 2.45) is 11.5 Å². The van der Waals surface area contributed by atoms with Gasteiger partial charge < -0.3 is 21.7 Å². The van der Waals surface area contributed by atoms with Crippen LogP contribution in [0.2, 0.25) is 0 Å². The van der Waals surface area contributed by atoms with E-state index in [2.05, 4.69) is 24.1 Å². The summed E-state index contributed by atoms with van der Waals surface area (Å²) in [5.74, 6) is -0.815. The Morgan fingerprint density at radius 2 is 0.714 bits per heavy atom. The van der Waals surface area contributed by atoms with E-state index in [-0.39, 0.29) is 12.5 Å². The lowest BCUT2D eigenvalue weighted by molar-refractivity contribution is -0.125. The SMILES string of the molecule is CCCCCCCCCCCCCCCCCCN(CCCCCCCCCCCCCCCCCC)CCC[C@H](N)C(=O)NCC(N)=O. The minimum Gasteiger partial charge on any atom is -0.368 e. The molecule has 5 N–H and O–H groups in total. The molecule has 0 aromatic carbocycles. The molecule has 0 aliphatic rings. The highest BCUT2D eigenvalue weighted by Crippen LogP contribution is 2.16. The molecule has 0 aromatic rings. The van der Waals surface area contributed by atoms with Crippen molar-refractivity contribution >= 4 is 11.8 Å². The van der Waals surface area contributed by atoms with E-state index < -0.39 is 11.9 Å². The summed E-state index contributed by atoms with van der Waals surface area (Å²) in [6.07, 6.45) is 46.3. The Hall–Kier alpha value is -1.14. The maximum atomic E-state index is 12.1. The fourth-order valence-corrected chi connectivity index (χ4v) is 7.07. The zero-order valence-corrected chi connectivity index (χ0v) is 33.4. The molecule has 0 fully saturated rings. The summed E-state index contributed by atoms with van der Waals surface area (Å²) < 4.78 is 0. The highest BCUT2D eigenvalue weighted by atomic mass is 16.2. The number of nitrogens with zero attached hydrogens (tertiary/aromatic N) is 1. The lowest BCUT2D eigenvalue weighted by Gasteiger charge is -2.23. The Kier molecular flexibility index (Phi) is 38.7. The predicted molar refractivity (Wildman–Crippen MR) is 215 cm³/mol. The maximum Gasteiger partial charge on any atom is 0.237 e. The van der Waals surface area contributed by atoms with Gasteiger partial charge >= 0.3 is 0 Å². The molecular formula is C43H88N4O2. The van der Waals surface area contributed by atoms with Gasteiger partial charge in [-0.25, -0.2) is 0 Å². The average molecular weight is 693 g/mol. The van der Waals surface area contributed by atoms with Crippen molar-refractivity contribution in [3.63, 3.8) is 0 Å². The van der Waals surface area contributed by atoms with E-state index in [1.165, 1.54) is 205 Å². The monoisotopic (exact) mass is 693 g/mol. The van der Waals surface area contributed by atoms with Crippen molar-refractivity contribution in [1.29, 1.82) is 0 Å². The molecule has 292 valence electrons. The topological polar surface area (TPSA) is 101 Å². The molecule has 0 rings (SSSR count). The van der Waals surface area contributed by atoms with Crippen LogP contribution >= 0.6 is 0 Å². The Labute approximate surface area is 306 Å². The molecule has 0 aliphatic carbocycles. The Bertz CT molecular complexity index is 653. The van der Waals surface area contributed by atoms with E-state index in [0.717, 1.165) is 26.1 Å². The number of amides is 2. The van der Waals surface area contributed by atoms with Gasteiger partial charge in [0.1, 0.15) is 0 Å². The van der Waals surface area contributed by atoms with Crippen molar-refractivity contribution < 1.29 is 9.59 Å². The number of hydrogen-bond donors (Lipinski definition) is 3. The number of carbonyl (C=O) groups is 2. The van der Waals surface area contributed by atoms with Crippen LogP contribution in [0.15, 0.2) is 0 Å². The molecule has 0 saturated carbocycles. The van der Waals surface area contributed by atoms with Crippen LogP contribution in [-0.2, 0) is 9.59 Å². The van der Waals surface area contributed by atoms with Crippen LogP contribution in [0.5, 0.6) is 0 Å². The van der Waals surface area contributed by atoms with Crippen molar-refractivity contribution in [3.8, 4) is 0 Å². The molecule has 0 aromatic heterocycles. The fraction of sp³-hybridized carbons (Fsp3) is 0.953. The molecule has 0 spiro atoms. The van der Waals surface area contributed by atoms with Crippen molar-refractivity contribution in [1.82, 2.24) is 10.2 Å². The van der Waals surface area contributed by atoms with E-state index in [4.69, 9.17) is 11.5 Å². The predicted octanol–water partition coefficient (Wildman–Crippen LogP) is 11.5. The molecule has 0 heterocycles. The Morgan fingerprint density at radius 1 is 0.449 bits per heavy atom. The molecule has 2 amide bonds. The summed E-state index contributed by atoms with van der Waals surface area (Å²) >= 11 is 0. The van der Waals surface area contributed by atoms with Crippen LogP contribution in [-0.4, -0.2) is 48.9 Å². The van der Waals surface area contributed by atoms with E-state index in [0.29, 0.717) is 6.42 Å². The number of carbonyl (C=O) groups excluding carboxylic acids is 2. The summed E-state index contributed by atoms with van der Waals surface area (Å²) in [6, 6.07) is -0.577. The number of hydrogen-bond acceptors (Lipinski definition) is 4. The van der Waals surface area contributed by atoms with Gasteiger partial charge in [-0.15, -0.1) is 0 Å². The third-order valence-corrected chi connectivity index (χ3v) is 10.4. The number of primary amides is 1. The molecule has 0 bridgehead atoms. The van der Waals surface area contributed by atoms with Gasteiger partial charge in [-0.05, 0) is 45.3 Å². The first-order valence-electron chi connectivity index (χ1n) is 22.0.